The van der Waals surface area contributed by atoms with Crippen LogP contribution in [0.1, 0.15) is 12.5 Å². The molecule has 0 aliphatic carbocycles. The molecule has 130 valence electrons. The molecular formula is C18H19N3O3S. The number of nitriles is 1. The summed E-state index contributed by atoms with van der Waals surface area (Å²) in [6, 6.07) is 9.58. The molecule has 1 saturated heterocycles. The molecule has 0 unspecified atom stereocenters. The first-order chi connectivity index (χ1) is 12.2. The van der Waals surface area contributed by atoms with Gasteiger partial charge in [-0.15, -0.1) is 0 Å². The molecule has 2 aromatic rings. The zero-order chi connectivity index (χ0) is 17.6. The molecule has 0 atom stereocenters. The predicted molar refractivity (Wildman–Crippen MR) is 95.8 cm³/mol. The van der Waals surface area contributed by atoms with Crippen LogP contribution in [0.15, 0.2) is 29.3 Å². The summed E-state index contributed by atoms with van der Waals surface area (Å²) in [5.74, 6) is 1.07. The normalized spacial score (nSPS) is 14.3. The molecular weight excluding hydrogens is 338 g/mol. The second-order valence-electron chi connectivity index (χ2n) is 5.52. The van der Waals surface area contributed by atoms with Crippen LogP contribution in [0.25, 0.3) is 10.9 Å². The Kier molecular flexibility index (Phi) is 5.74. The van der Waals surface area contributed by atoms with E-state index in [-0.39, 0.29) is 11.7 Å². The molecule has 0 bridgehead atoms. The number of rotatable bonds is 5. The maximum atomic E-state index is 12.3. The Morgan fingerprint density at radius 2 is 2.20 bits per heavy atom. The number of benzene rings is 1. The lowest BCUT2D eigenvalue weighted by Crippen LogP contribution is -2.41. The minimum Gasteiger partial charge on any atom is -0.494 e. The number of thioether (sulfide) groups is 1. The molecule has 1 aliphatic heterocycles. The molecule has 1 fully saturated rings. The van der Waals surface area contributed by atoms with Crippen molar-refractivity contribution in [3.63, 3.8) is 0 Å². The Morgan fingerprint density at radius 3 is 2.92 bits per heavy atom. The maximum absolute atomic E-state index is 12.3. The minimum atomic E-state index is 0.0470. The molecule has 1 aliphatic rings. The molecule has 0 radical (unpaired) electrons. The van der Waals surface area contributed by atoms with E-state index in [1.54, 1.807) is 11.0 Å². The van der Waals surface area contributed by atoms with Crippen LogP contribution in [0.5, 0.6) is 5.75 Å². The Balaban J connectivity index is 1.77. The summed E-state index contributed by atoms with van der Waals surface area (Å²) < 4.78 is 10.7. The van der Waals surface area contributed by atoms with E-state index in [2.05, 4.69) is 11.1 Å². The van der Waals surface area contributed by atoms with Crippen molar-refractivity contribution in [2.24, 2.45) is 0 Å². The van der Waals surface area contributed by atoms with Crippen LogP contribution < -0.4 is 4.74 Å². The third-order valence-electron chi connectivity index (χ3n) is 3.88. The van der Waals surface area contributed by atoms with Gasteiger partial charge in [-0.25, -0.2) is 4.98 Å². The van der Waals surface area contributed by atoms with Crippen molar-refractivity contribution >= 4 is 28.6 Å². The van der Waals surface area contributed by atoms with E-state index in [4.69, 9.17) is 9.47 Å². The van der Waals surface area contributed by atoms with E-state index in [0.717, 1.165) is 16.7 Å². The number of hydrogen-bond acceptors (Lipinski definition) is 6. The van der Waals surface area contributed by atoms with Gasteiger partial charge in [-0.2, -0.15) is 5.26 Å². The second kappa shape index (κ2) is 8.19. The van der Waals surface area contributed by atoms with E-state index >= 15 is 0 Å². The van der Waals surface area contributed by atoms with E-state index in [9.17, 15) is 10.1 Å². The van der Waals surface area contributed by atoms with Gasteiger partial charge in [-0.3, -0.25) is 4.79 Å². The number of carbonyl (C=O) groups excluding carboxylic acids is 1. The number of hydrogen-bond donors (Lipinski definition) is 0. The van der Waals surface area contributed by atoms with Gasteiger partial charge in [0.25, 0.3) is 0 Å². The summed E-state index contributed by atoms with van der Waals surface area (Å²) in [6.07, 6.45) is 0. The number of ether oxygens (including phenoxy) is 2. The maximum Gasteiger partial charge on any atom is 0.233 e. The molecule has 3 rings (SSSR count). The summed E-state index contributed by atoms with van der Waals surface area (Å²) in [4.78, 5) is 18.6. The highest BCUT2D eigenvalue weighted by molar-refractivity contribution is 8.00. The quantitative estimate of drug-likeness (QED) is 0.765. The smallest absolute Gasteiger partial charge is 0.233 e. The molecule has 0 N–H and O–H groups in total. The zero-order valence-corrected chi connectivity index (χ0v) is 14.8. The van der Waals surface area contributed by atoms with Gasteiger partial charge in [-0.1, -0.05) is 11.8 Å². The molecule has 2 heterocycles. The summed E-state index contributed by atoms with van der Waals surface area (Å²) in [7, 11) is 0. The molecule has 1 amide bonds. The van der Waals surface area contributed by atoms with Gasteiger partial charge in [-0.05, 0) is 31.2 Å². The van der Waals surface area contributed by atoms with Crippen LogP contribution in [0.4, 0.5) is 0 Å². The minimum absolute atomic E-state index is 0.0470. The first-order valence-corrected chi connectivity index (χ1v) is 9.16. The number of morpholine rings is 1. The summed E-state index contributed by atoms with van der Waals surface area (Å²) in [5.41, 5.74) is 1.25. The monoisotopic (exact) mass is 357 g/mol. The fourth-order valence-corrected chi connectivity index (χ4v) is 3.48. The number of amides is 1. The largest absolute Gasteiger partial charge is 0.494 e. The van der Waals surface area contributed by atoms with Gasteiger partial charge in [0.2, 0.25) is 5.91 Å². The number of carbonyl (C=O) groups is 1. The molecule has 1 aromatic heterocycles. The molecule has 1 aromatic carbocycles. The van der Waals surface area contributed by atoms with Crippen molar-refractivity contribution in [3.05, 3.63) is 29.8 Å². The number of pyridine rings is 1. The van der Waals surface area contributed by atoms with E-state index in [1.165, 1.54) is 11.8 Å². The SMILES string of the molecule is CCOc1ccc2nc(SCC(=O)N3CCOCC3)c(C#N)cc2c1. The summed E-state index contributed by atoms with van der Waals surface area (Å²) >= 11 is 1.31. The Bertz CT molecular complexity index is 813. The van der Waals surface area contributed by atoms with Gasteiger partial charge >= 0.3 is 0 Å². The topological polar surface area (TPSA) is 75.4 Å². The highest BCUT2D eigenvalue weighted by Gasteiger charge is 2.18. The van der Waals surface area contributed by atoms with Crippen LogP contribution in [0.2, 0.25) is 0 Å². The van der Waals surface area contributed by atoms with Crippen molar-refractivity contribution in [3.8, 4) is 11.8 Å². The van der Waals surface area contributed by atoms with Gasteiger partial charge in [0.15, 0.2) is 0 Å². The average molecular weight is 357 g/mol. The van der Waals surface area contributed by atoms with Crippen molar-refractivity contribution < 1.29 is 14.3 Å². The van der Waals surface area contributed by atoms with Crippen molar-refractivity contribution in [1.82, 2.24) is 9.88 Å². The van der Waals surface area contributed by atoms with Gasteiger partial charge in [0.1, 0.15) is 16.8 Å². The Hall–Kier alpha value is -2.30. The van der Waals surface area contributed by atoms with E-state index in [1.807, 2.05) is 25.1 Å². The van der Waals surface area contributed by atoms with Crippen LogP contribution in [0.3, 0.4) is 0 Å². The van der Waals surface area contributed by atoms with Crippen molar-refractivity contribution in [1.29, 1.82) is 5.26 Å². The molecule has 6 nitrogen and oxygen atoms in total. The highest BCUT2D eigenvalue weighted by atomic mass is 32.2. The third kappa shape index (κ3) is 4.21. The first-order valence-electron chi connectivity index (χ1n) is 8.17. The fraction of sp³-hybridized carbons (Fsp3) is 0.389. The fourth-order valence-electron chi connectivity index (χ4n) is 2.62. The van der Waals surface area contributed by atoms with Crippen LogP contribution in [-0.4, -0.2) is 54.5 Å². The standard InChI is InChI=1S/C18H19N3O3S/c1-2-24-15-3-4-16-13(10-15)9-14(11-19)18(20-16)25-12-17(22)21-5-7-23-8-6-21/h3-4,9-10H,2,5-8,12H2,1H3. The number of fused-ring (bicyclic) bond motifs is 1. The van der Waals surface area contributed by atoms with Crippen LogP contribution in [0, 0.1) is 11.3 Å². The number of aromatic nitrogens is 1. The van der Waals surface area contributed by atoms with E-state index < -0.39 is 0 Å². The highest BCUT2D eigenvalue weighted by Crippen LogP contribution is 2.27. The zero-order valence-electron chi connectivity index (χ0n) is 14.0. The lowest BCUT2D eigenvalue weighted by Gasteiger charge is -2.26. The lowest BCUT2D eigenvalue weighted by molar-refractivity contribution is -0.132. The first kappa shape index (κ1) is 17.5. The predicted octanol–water partition coefficient (Wildman–Crippen LogP) is 2.46. The van der Waals surface area contributed by atoms with Crippen LogP contribution in [-0.2, 0) is 9.53 Å². The van der Waals surface area contributed by atoms with Crippen molar-refractivity contribution in [2.45, 2.75) is 11.9 Å². The average Bonchev–Trinajstić information content (AvgIpc) is 2.66. The molecule has 7 heteroatoms. The third-order valence-corrected chi connectivity index (χ3v) is 4.85. The Morgan fingerprint density at radius 1 is 1.40 bits per heavy atom. The summed E-state index contributed by atoms with van der Waals surface area (Å²) in [5, 5.41) is 10.9. The van der Waals surface area contributed by atoms with Gasteiger partial charge < -0.3 is 14.4 Å². The van der Waals surface area contributed by atoms with Gasteiger partial charge in [0, 0.05) is 18.5 Å². The Labute approximate surface area is 150 Å². The van der Waals surface area contributed by atoms with Crippen molar-refractivity contribution in [2.75, 3.05) is 38.7 Å². The molecule has 0 saturated carbocycles. The van der Waals surface area contributed by atoms with Gasteiger partial charge in [0.05, 0.1) is 36.7 Å². The molecule has 25 heavy (non-hydrogen) atoms. The number of nitrogens with zero attached hydrogens (tertiary/aromatic N) is 3. The second-order valence-corrected chi connectivity index (χ2v) is 6.49. The molecule has 0 spiro atoms. The lowest BCUT2D eigenvalue weighted by atomic mass is 10.1. The van der Waals surface area contributed by atoms with Crippen LogP contribution >= 0.6 is 11.8 Å². The summed E-state index contributed by atoms with van der Waals surface area (Å²) in [6.45, 7) is 4.91. The van der Waals surface area contributed by atoms with E-state index in [0.29, 0.717) is 43.5 Å².